The van der Waals surface area contributed by atoms with Crippen molar-refractivity contribution in [2.75, 3.05) is 30.3 Å². The summed E-state index contributed by atoms with van der Waals surface area (Å²) in [6, 6.07) is 2.96. The van der Waals surface area contributed by atoms with Crippen LogP contribution in [0.5, 0.6) is 0 Å². The zero-order valence-electron chi connectivity index (χ0n) is 19.6. The van der Waals surface area contributed by atoms with Gasteiger partial charge in [-0.2, -0.15) is 0 Å². The van der Waals surface area contributed by atoms with Crippen molar-refractivity contribution in [3.05, 3.63) is 59.6 Å². The van der Waals surface area contributed by atoms with Gasteiger partial charge in [-0.1, -0.05) is 6.92 Å². The van der Waals surface area contributed by atoms with E-state index in [0.717, 1.165) is 36.3 Å². The number of carbonyl (C=O) groups excluding carboxylic acids is 1. The SMILES string of the molecule is B#C/C(C)=C/C=C(/N)C=C.CCNc1cc(F)cc2c1NC(=O)C2(C)N1CCCC(C)C1. The van der Waals surface area contributed by atoms with E-state index in [4.69, 9.17) is 13.1 Å². The molecule has 2 aliphatic rings. The summed E-state index contributed by atoms with van der Waals surface area (Å²) < 4.78 is 14.1. The summed E-state index contributed by atoms with van der Waals surface area (Å²) in [5, 5.41) is 6.12. The van der Waals surface area contributed by atoms with Crippen molar-refractivity contribution >= 4 is 24.6 Å². The molecule has 0 bridgehead atoms. The second kappa shape index (κ2) is 11.2. The van der Waals surface area contributed by atoms with E-state index in [1.165, 1.54) is 18.6 Å². The predicted octanol–water partition coefficient (Wildman–Crippen LogP) is 4.25. The Morgan fingerprint density at radius 2 is 2.22 bits per heavy atom. The molecule has 0 aliphatic carbocycles. The van der Waals surface area contributed by atoms with Crippen LogP contribution >= 0.6 is 0 Å². The van der Waals surface area contributed by atoms with Crippen molar-refractivity contribution in [3.8, 4) is 5.80 Å². The van der Waals surface area contributed by atoms with Gasteiger partial charge in [0.2, 0.25) is 5.91 Å². The largest absolute Gasteiger partial charge is 0.384 e. The van der Waals surface area contributed by atoms with Gasteiger partial charge in [-0.25, -0.2) is 4.39 Å². The molecule has 0 radical (unpaired) electrons. The summed E-state index contributed by atoms with van der Waals surface area (Å²) in [5.41, 5.74) is 8.25. The van der Waals surface area contributed by atoms with Gasteiger partial charge in [-0.05, 0) is 51.3 Å². The molecule has 0 spiro atoms. The van der Waals surface area contributed by atoms with E-state index in [0.29, 0.717) is 23.8 Å². The van der Waals surface area contributed by atoms with Crippen LogP contribution in [0.15, 0.2) is 48.2 Å². The van der Waals surface area contributed by atoms with E-state index in [2.05, 4.69) is 34.8 Å². The van der Waals surface area contributed by atoms with Crippen LogP contribution in [-0.2, 0) is 10.3 Å². The van der Waals surface area contributed by atoms with Crippen LogP contribution in [0.25, 0.3) is 0 Å². The standard InChI is InChI=1S/C17H24FN3O.C8H10BN/c1-4-19-14-9-12(18)8-13-15(14)20-16(22)17(13,3)21-7-5-6-11(2)10-21;1-3-8(10)5-4-7(2)6-9/h8-9,11,19H,4-7,10H2,1-3H3,(H,20,22);3-5H,1,10H2,2H3/b;7-4+,8-5+. The average molecular weight is 436 g/mol. The van der Waals surface area contributed by atoms with E-state index in [1.54, 1.807) is 18.2 Å². The van der Waals surface area contributed by atoms with Gasteiger partial charge in [0.05, 0.1) is 11.4 Å². The molecule has 1 aromatic carbocycles. The fourth-order valence-corrected chi connectivity index (χ4v) is 4.06. The second-order valence-corrected chi connectivity index (χ2v) is 8.49. The average Bonchev–Trinajstić information content (AvgIpc) is 3.04. The molecule has 2 atom stereocenters. The number of piperidine rings is 1. The maximum Gasteiger partial charge on any atom is 0.249 e. The molecule has 1 saturated heterocycles. The third-order valence-corrected chi connectivity index (χ3v) is 5.95. The number of amides is 1. The smallest absolute Gasteiger partial charge is 0.249 e. The number of hydrogen-bond acceptors (Lipinski definition) is 4. The van der Waals surface area contributed by atoms with Crippen LogP contribution in [0.1, 0.15) is 46.1 Å². The second-order valence-electron chi connectivity index (χ2n) is 8.49. The zero-order valence-corrected chi connectivity index (χ0v) is 19.6. The molecule has 2 aliphatic heterocycles. The first-order chi connectivity index (χ1) is 15.2. The third-order valence-electron chi connectivity index (χ3n) is 5.95. The number of fused-ring (bicyclic) bond motifs is 1. The maximum absolute atomic E-state index is 14.1. The van der Waals surface area contributed by atoms with Crippen LogP contribution < -0.4 is 16.4 Å². The van der Waals surface area contributed by atoms with Crippen LogP contribution in [0.4, 0.5) is 15.8 Å². The van der Waals surface area contributed by atoms with Gasteiger partial charge in [0.15, 0.2) is 0 Å². The van der Waals surface area contributed by atoms with Gasteiger partial charge in [0.25, 0.3) is 0 Å². The number of hydrogen-bond donors (Lipinski definition) is 3. The Kier molecular flexibility index (Phi) is 8.94. The van der Waals surface area contributed by atoms with Crippen molar-refractivity contribution in [2.45, 2.75) is 46.1 Å². The molecule has 2 unspecified atom stereocenters. The van der Waals surface area contributed by atoms with E-state index in [1.807, 2.05) is 20.8 Å². The van der Waals surface area contributed by atoms with Gasteiger partial charge in [-0.3, -0.25) is 9.69 Å². The Labute approximate surface area is 192 Å². The Hall–Kier alpha value is -2.76. The molecule has 3 rings (SSSR count). The van der Waals surface area contributed by atoms with E-state index in [9.17, 15) is 9.18 Å². The van der Waals surface area contributed by atoms with Crippen LogP contribution in [0.3, 0.4) is 0 Å². The Morgan fingerprint density at radius 3 is 2.81 bits per heavy atom. The molecular formula is C25H34BFN4O. The van der Waals surface area contributed by atoms with Gasteiger partial charge < -0.3 is 10.6 Å². The van der Waals surface area contributed by atoms with E-state index >= 15 is 0 Å². The normalized spacial score (nSPS) is 23.5. The van der Waals surface area contributed by atoms with Crippen molar-refractivity contribution < 1.29 is 9.18 Å². The summed E-state index contributed by atoms with van der Waals surface area (Å²) in [4.78, 5) is 14.9. The molecule has 1 fully saturated rings. The molecule has 2 heterocycles. The van der Waals surface area contributed by atoms with Gasteiger partial charge in [0, 0.05) is 18.7 Å². The van der Waals surface area contributed by atoms with Crippen molar-refractivity contribution in [1.29, 1.82) is 0 Å². The van der Waals surface area contributed by atoms with Gasteiger partial charge in [-0.15, -0.1) is 0 Å². The first-order valence-corrected chi connectivity index (χ1v) is 11.0. The number of anilines is 2. The number of allylic oxidation sites excluding steroid dienone is 4. The minimum atomic E-state index is -0.781. The zero-order chi connectivity index (χ0) is 23.9. The number of likely N-dealkylation sites (tertiary alicyclic amines) is 1. The molecule has 7 heteroatoms. The number of halogens is 1. The maximum atomic E-state index is 14.1. The van der Waals surface area contributed by atoms with E-state index < -0.39 is 5.54 Å². The minimum Gasteiger partial charge on any atom is -0.384 e. The van der Waals surface area contributed by atoms with Gasteiger partial charge >= 0.3 is 61.9 Å². The third kappa shape index (κ3) is 5.73. The number of rotatable bonds is 5. The Balaban J connectivity index is 0.000000309. The monoisotopic (exact) mass is 436 g/mol. The number of nitrogens with zero attached hydrogens (tertiary/aromatic N) is 1. The van der Waals surface area contributed by atoms with Crippen molar-refractivity contribution in [1.82, 2.24) is 4.90 Å². The summed E-state index contributed by atoms with van der Waals surface area (Å²) in [5.74, 6) is 2.67. The summed E-state index contributed by atoms with van der Waals surface area (Å²) in [6.45, 7) is 13.8. The molecular weight excluding hydrogens is 402 g/mol. The summed E-state index contributed by atoms with van der Waals surface area (Å²) in [6.07, 6.45) is 7.33. The number of carbonyl (C=O) groups is 1. The van der Waals surface area contributed by atoms with Crippen LogP contribution in [0, 0.1) is 17.5 Å². The molecule has 0 saturated carbocycles. The van der Waals surface area contributed by atoms with Crippen molar-refractivity contribution in [3.63, 3.8) is 0 Å². The quantitative estimate of drug-likeness (QED) is 0.477. The molecule has 32 heavy (non-hydrogen) atoms. The number of nitrogens with two attached hydrogens (primary N) is 1. The molecule has 1 aromatic rings. The van der Waals surface area contributed by atoms with E-state index in [-0.39, 0.29) is 11.7 Å². The van der Waals surface area contributed by atoms with Gasteiger partial charge in [0.1, 0.15) is 11.4 Å². The van der Waals surface area contributed by atoms with Crippen LogP contribution in [0.2, 0.25) is 0 Å². The molecule has 1 amide bonds. The first-order valence-electron chi connectivity index (χ1n) is 11.0. The van der Waals surface area contributed by atoms with Crippen LogP contribution in [-0.4, -0.2) is 37.8 Å². The fourth-order valence-electron chi connectivity index (χ4n) is 4.06. The summed E-state index contributed by atoms with van der Waals surface area (Å²) in [7, 11) is 5.09. The summed E-state index contributed by atoms with van der Waals surface area (Å²) >= 11 is 0. The molecule has 4 N–H and O–H groups in total. The molecule has 170 valence electrons. The first kappa shape index (κ1) is 25.5. The fraction of sp³-hybridized carbons (Fsp3) is 0.440. The van der Waals surface area contributed by atoms with Crippen molar-refractivity contribution in [2.24, 2.45) is 11.7 Å². The number of benzene rings is 1. The molecule has 5 nitrogen and oxygen atoms in total. The Morgan fingerprint density at radius 1 is 1.50 bits per heavy atom. The molecule has 0 aromatic heterocycles. The minimum absolute atomic E-state index is 0.0543. The topological polar surface area (TPSA) is 70.4 Å². The number of nitrogens with one attached hydrogen (secondary N) is 2. The predicted molar refractivity (Wildman–Crippen MR) is 132 cm³/mol. The Bertz CT molecular complexity index is 965.